The number of carbonyl (C=O) groups is 2. The molecule has 0 amide bonds. The second-order valence-electron chi connectivity index (χ2n) is 6.76. The van der Waals surface area contributed by atoms with Crippen molar-refractivity contribution in [1.82, 2.24) is 0 Å². The van der Waals surface area contributed by atoms with E-state index in [2.05, 4.69) is 13.8 Å². The van der Waals surface area contributed by atoms with Crippen molar-refractivity contribution in [3.8, 4) is 5.75 Å². The second kappa shape index (κ2) is 11.9. The summed E-state index contributed by atoms with van der Waals surface area (Å²) in [7, 11) is 1.32. The molecule has 0 unspecified atom stereocenters. The van der Waals surface area contributed by atoms with Gasteiger partial charge in [-0.1, -0.05) is 26.7 Å². The fourth-order valence-electron chi connectivity index (χ4n) is 2.74. The molecule has 158 valence electrons. The molecule has 0 aliphatic heterocycles. The van der Waals surface area contributed by atoms with Crippen LogP contribution >= 0.6 is 0 Å². The Hall–Kier alpha value is -2.76. The summed E-state index contributed by atoms with van der Waals surface area (Å²) in [6.07, 6.45) is 6.45. The highest BCUT2D eigenvalue weighted by molar-refractivity contribution is 5.93. The van der Waals surface area contributed by atoms with Gasteiger partial charge in [-0.3, -0.25) is 0 Å². The Morgan fingerprint density at radius 1 is 0.897 bits per heavy atom. The van der Waals surface area contributed by atoms with E-state index in [0.29, 0.717) is 48.7 Å². The van der Waals surface area contributed by atoms with Crippen LogP contribution in [0.25, 0.3) is 0 Å². The van der Waals surface area contributed by atoms with Crippen molar-refractivity contribution >= 4 is 11.9 Å². The molecule has 1 aromatic carbocycles. The van der Waals surface area contributed by atoms with Gasteiger partial charge in [0, 0.05) is 12.8 Å². The minimum Gasteiger partial charge on any atom is -0.497 e. The molecule has 0 bridgehead atoms. The van der Waals surface area contributed by atoms with E-state index >= 15 is 0 Å². The first-order valence-electron chi connectivity index (χ1n) is 10.2. The van der Waals surface area contributed by atoms with Crippen LogP contribution < -0.4 is 4.74 Å². The van der Waals surface area contributed by atoms with Crippen LogP contribution in [0, 0.1) is 0 Å². The molecule has 1 aliphatic carbocycles. The van der Waals surface area contributed by atoms with E-state index < -0.39 is 11.9 Å². The van der Waals surface area contributed by atoms with E-state index in [4.69, 9.17) is 18.9 Å². The van der Waals surface area contributed by atoms with Crippen molar-refractivity contribution in [1.29, 1.82) is 0 Å². The Kier molecular flexibility index (Phi) is 9.28. The fourth-order valence-corrected chi connectivity index (χ4v) is 2.74. The molecule has 0 heterocycles. The monoisotopic (exact) mass is 402 g/mol. The van der Waals surface area contributed by atoms with Gasteiger partial charge in [-0.05, 0) is 43.2 Å². The standard InChI is InChI=1S/C23H30O6/c1-4-6-14-27-18-10-8-17(9-11-18)22(24)29-19-12-13-21(28-15-7-5-2)20(16-19)23(25)26-3/h8-11,16H,4-7,12-15H2,1-3H3. The van der Waals surface area contributed by atoms with Crippen LogP contribution in [0.15, 0.2) is 47.4 Å². The molecule has 29 heavy (non-hydrogen) atoms. The molecule has 6 heteroatoms. The second-order valence-corrected chi connectivity index (χ2v) is 6.76. The van der Waals surface area contributed by atoms with Crippen molar-refractivity contribution in [3.63, 3.8) is 0 Å². The van der Waals surface area contributed by atoms with Crippen LogP contribution in [-0.2, 0) is 19.0 Å². The predicted molar refractivity (Wildman–Crippen MR) is 109 cm³/mol. The van der Waals surface area contributed by atoms with Gasteiger partial charge in [-0.2, -0.15) is 0 Å². The maximum absolute atomic E-state index is 12.5. The third-order valence-electron chi connectivity index (χ3n) is 4.46. The van der Waals surface area contributed by atoms with Crippen molar-refractivity contribution < 1.29 is 28.5 Å². The summed E-state index contributed by atoms with van der Waals surface area (Å²) in [5, 5.41) is 0. The lowest BCUT2D eigenvalue weighted by Crippen LogP contribution is -2.15. The van der Waals surface area contributed by atoms with Crippen molar-refractivity contribution in [2.75, 3.05) is 20.3 Å². The summed E-state index contributed by atoms with van der Waals surface area (Å²) in [6.45, 7) is 5.37. The largest absolute Gasteiger partial charge is 0.497 e. The molecule has 0 saturated heterocycles. The number of allylic oxidation sites excluding steroid dienone is 2. The lowest BCUT2D eigenvalue weighted by atomic mass is 10.0. The highest BCUT2D eigenvalue weighted by Gasteiger charge is 2.23. The van der Waals surface area contributed by atoms with Crippen molar-refractivity contribution in [2.45, 2.75) is 52.4 Å². The van der Waals surface area contributed by atoms with E-state index in [9.17, 15) is 9.59 Å². The van der Waals surface area contributed by atoms with Gasteiger partial charge in [0.25, 0.3) is 0 Å². The lowest BCUT2D eigenvalue weighted by molar-refractivity contribution is -0.136. The maximum atomic E-state index is 12.5. The van der Waals surface area contributed by atoms with Crippen LogP contribution in [-0.4, -0.2) is 32.3 Å². The number of carbonyl (C=O) groups excluding carboxylic acids is 2. The van der Waals surface area contributed by atoms with Crippen LogP contribution in [0.3, 0.4) is 0 Å². The normalized spacial score (nSPS) is 13.6. The average molecular weight is 402 g/mol. The molecule has 0 N–H and O–H groups in total. The Labute approximate surface area is 172 Å². The Morgan fingerprint density at radius 2 is 1.55 bits per heavy atom. The highest BCUT2D eigenvalue weighted by atomic mass is 16.5. The molecule has 0 fully saturated rings. The Morgan fingerprint density at radius 3 is 2.17 bits per heavy atom. The summed E-state index contributed by atoms with van der Waals surface area (Å²) in [4.78, 5) is 24.6. The average Bonchev–Trinajstić information content (AvgIpc) is 2.74. The molecule has 0 radical (unpaired) electrons. The maximum Gasteiger partial charge on any atom is 0.343 e. The zero-order valence-corrected chi connectivity index (χ0v) is 17.5. The third kappa shape index (κ3) is 6.97. The van der Waals surface area contributed by atoms with E-state index in [1.165, 1.54) is 13.2 Å². The van der Waals surface area contributed by atoms with Crippen LogP contribution in [0.5, 0.6) is 5.75 Å². The number of ether oxygens (including phenoxy) is 4. The Bertz CT molecular complexity index is 745. The van der Waals surface area contributed by atoms with E-state index in [0.717, 1.165) is 31.4 Å². The minimum absolute atomic E-state index is 0.303. The smallest absolute Gasteiger partial charge is 0.343 e. The molecular formula is C23H30O6. The zero-order chi connectivity index (χ0) is 21.1. The molecule has 0 aromatic heterocycles. The molecule has 0 spiro atoms. The predicted octanol–water partition coefficient (Wildman–Crippen LogP) is 4.94. The van der Waals surface area contributed by atoms with E-state index in [1.807, 2.05) is 0 Å². The van der Waals surface area contributed by atoms with Gasteiger partial charge in [-0.15, -0.1) is 0 Å². The SMILES string of the molecule is CCCCOC1=C(C(=O)OC)C=C(OC(=O)c2ccc(OCCCC)cc2)CC1. The van der Waals surface area contributed by atoms with E-state index in [-0.39, 0.29) is 0 Å². The summed E-state index contributed by atoms with van der Waals surface area (Å²) in [5.74, 6) is 0.742. The quantitative estimate of drug-likeness (QED) is 0.385. The fraction of sp³-hybridized carbons (Fsp3) is 0.478. The van der Waals surface area contributed by atoms with Gasteiger partial charge in [0.05, 0.1) is 25.9 Å². The van der Waals surface area contributed by atoms with E-state index in [1.54, 1.807) is 24.3 Å². The number of hydrogen-bond acceptors (Lipinski definition) is 6. The molecule has 6 nitrogen and oxygen atoms in total. The number of esters is 2. The van der Waals surface area contributed by atoms with Crippen molar-refractivity contribution in [2.24, 2.45) is 0 Å². The van der Waals surface area contributed by atoms with Gasteiger partial charge in [0.15, 0.2) is 0 Å². The number of methoxy groups -OCH3 is 1. The summed E-state index contributed by atoms with van der Waals surface area (Å²) >= 11 is 0. The first-order chi connectivity index (χ1) is 14.1. The molecule has 1 aromatic rings. The lowest BCUT2D eigenvalue weighted by Gasteiger charge is -2.19. The number of benzene rings is 1. The summed E-state index contributed by atoms with van der Waals surface area (Å²) in [5.41, 5.74) is 0.722. The Balaban J connectivity index is 2.04. The van der Waals surface area contributed by atoms with Crippen LogP contribution in [0.2, 0.25) is 0 Å². The number of rotatable bonds is 11. The molecule has 0 atom stereocenters. The minimum atomic E-state index is -0.502. The van der Waals surface area contributed by atoms with Gasteiger partial charge in [0.2, 0.25) is 0 Å². The summed E-state index contributed by atoms with van der Waals surface area (Å²) in [6, 6.07) is 6.84. The first kappa shape index (κ1) is 22.5. The van der Waals surface area contributed by atoms with Crippen molar-refractivity contribution in [3.05, 3.63) is 53.0 Å². The molecule has 0 saturated carbocycles. The topological polar surface area (TPSA) is 71.1 Å². The highest BCUT2D eigenvalue weighted by Crippen LogP contribution is 2.27. The summed E-state index contributed by atoms with van der Waals surface area (Å²) < 4.78 is 21.7. The number of hydrogen-bond donors (Lipinski definition) is 0. The van der Waals surface area contributed by atoms with Crippen LogP contribution in [0.4, 0.5) is 0 Å². The molecular weight excluding hydrogens is 372 g/mol. The third-order valence-corrected chi connectivity index (χ3v) is 4.46. The van der Waals surface area contributed by atoms with Gasteiger partial charge in [-0.25, -0.2) is 9.59 Å². The van der Waals surface area contributed by atoms with Gasteiger partial charge >= 0.3 is 11.9 Å². The van der Waals surface area contributed by atoms with Gasteiger partial charge in [0.1, 0.15) is 22.8 Å². The van der Waals surface area contributed by atoms with Gasteiger partial charge < -0.3 is 18.9 Å². The zero-order valence-electron chi connectivity index (χ0n) is 17.5. The number of unbranched alkanes of at least 4 members (excludes halogenated alkanes) is 2. The van der Waals surface area contributed by atoms with Crippen LogP contribution in [0.1, 0.15) is 62.7 Å². The first-order valence-corrected chi connectivity index (χ1v) is 10.2. The molecule has 1 aliphatic rings. The molecule has 2 rings (SSSR count).